The molecule has 0 radical (unpaired) electrons. The summed E-state index contributed by atoms with van der Waals surface area (Å²) >= 11 is 0. The highest BCUT2D eigenvalue weighted by molar-refractivity contribution is 5.85. The van der Waals surface area contributed by atoms with Crippen molar-refractivity contribution in [1.29, 1.82) is 0 Å². The Morgan fingerprint density at radius 1 is 1.26 bits per heavy atom. The number of nitrogens with two attached hydrogens (primary N) is 1. The standard InChI is InChI=1S/C16H22N4O.2ClH/c1-12(2)11-20-9-8-18-14(20)10-19-16(21)15(17)13-6-4-3-5-7-13;;/h3-9,12,15H,10-11,17H2,1-2H3,(H,19,21);2*1H. The Balaban J connectivity index is 0.00000242. The number of halogens is 2. The summed E-state index contributed by atoms with van der Waals surface area (Å²) in [4.78, 5) is 16.4. The van der Waals surface area contributed by atoms with Gasteiger partial charge in [-0.2, -0.15) is 0 Å². The zero-order chi connectivity index (χ0) is 15.2. The third kappa shape index (κ3) is 6.22. The van der Waals surface area contributed by atoms with Crippen molar-refractivity contribution >= 4 is 30.7 Å². The Bertz CT molecular complexity index is 587. The van der Waals surface area contributed by atoms with Crippen LogP contribution in [0.3, 0.4) is 0 Å². The van der Waals surface area contributed by atoms with Crippen molar-refractivity contribution < 1.29 is 4.79 Å². The second kappa shape index (κ2) is 10.3. The first-order valence-electron chi connectivity index (χ1n) is 7.16. The minimum absolute atomic E-state index is 0. The monoisotopic (exact) mass is 358 g/mol. The van der Waals surface area contributed by atoms with Gasteiger partial charge in [0.15, 0.2) is 0 Å². The van der Waals surface area contributed by atoms with Crippen LogP contribution in [0.5, 0.6) is 0 Å². The fourth-order valence-corrected chi connectivity index (χ4v) is 2.15. The first-order valence-corrected chi connectivity index (χ1v) is 7.16. The lowest BCUT2D eigenvalue weighted by Gasteiger charge is -2.14. The van der Waals surface area contributed by atoms with E-state index in [0.29, 0.717) is 12.5 Å². The van der Waals surface area contributed by atoms with E-state index >= 15 is 0 Å². The van der Waals surface area contributed by atoms with E-state index in [2.05, 4.69) is 28.7 Å². The number of carbonyl (C=O) groups is 1. The van der Waals surface area contributed by atoms with Crippen LogP contribution in [0.15, 0.2) is 42.7 Å². The molecule has 7 heteroatoms. The van der Waals surface area contributed by atoms with E-state index in [4.69, 9.17) is 5.73 Å². The third-order valence-electron chi connectivity index (χ3n) is 3.23. The van der Waals surface area contributed by atoms with Crippen molar-refractivity contribution in [2.45, 2.75) is 33.0 Å². The first-order chi connectivity index (χ1) is 10.1. The second-order valence-corrected chi connectivity index (χ2v) is 5.50. The smallest absolute Gasteiger partial charge is 0.241 e. The van der Waals surface area contributed by atoms with Gasteiger partial charge in [-0.05, 0) is 11.5 Å². The lowest BCUT2D eigenvalue weighted by atomic mass is 10.1. The van der Waals surface area contributed by atoms with Gasteiger partial charge in [0.2, 0.25) is 5.91 Å². The number of amides is 1. The molecule has 0 aliphatic carbocycles. The Labute approximate surface area is 149 Å². The van der Waals surface area contributed by atoms with Crippen LogP contribution >= 0.6 is 24.8 Å². The SMILES string of the molecule is CC(C)Cn1ccnc1CNC(=O)C(N)c1ccccc1.Cl.Cl. The first kappa shape index (κ1) is 21.4. The van der Waals surface area contributed by atoms with Crippen molar-refractivity contribution in [1.82, 2.24) is 14.9 Å². The zero-order valence-electron chi connectivity index (χ0n) is 13.3. The van der Waals surface area contributed by atoms with Gasteiger partial charge in [-0.15, -0.1) is 24.8 Å². The van der Waals surface area contributed by atoms with Gasteiger partial charge < -0.3 is 15.6 Å². The van der Waals surface area contributed by atoms with Gasteiger partial charge in [-0.25, -0.2) is 4.98 Å². The van der Waals surface area contributed by atoms with E-state index < -0.39 is 6.04 Å². The van der Waals surface area contributed by atoms with Crippen molar-refractivity contribution in [3.8, 4) is 0 Å². The summed E-state index contributed by atoms with van der Waals surface area (Å²) in [5.41, 5.74) is 6.76. The minimum atomic E-state index is -0.653. The molecule has 1 aromatic carbocycles. The Hall–Kier alpha value is -1.56. The normalized spacial score (nSPS) is 11.3. The predicted octanol–water partition coefficient (Wildman–Crippen LogP) is 2.70. The Kier molecular flexibility index (Phi) is 9.56. The molecule has 5 nitrogen and oxygen atoms in total. The number of nitrogens with one attached hydrogen (secondary N) is 1. The van der Waals surface area contributed by atoms with Crippen molar-refractivity contribution in [2.24, 2.45) is 11.7 Å². The van der Waals surface area contributed by atoms with E-state index in [1.807, 2.05) is 36.5 Å². The predicted molar refractivity (Wildman–Crippen MR) is 96.8 cm³/mol. The lowest BCUT2D eigenvalue weighted by molar-refractivity contribution is -0.122. The van der Waals surface area contributed by atoms with Crippen molar-refractivity contribution in [2.75, 3.05) is 0 Å². The minimum Gasteiger partial charge on any atom is -0.347 e. The fourth-order valence-electron chi connectivity index (χ4n) is 2.15. The molecule has 0 spiro atoms. The van der Waals surface area contributed by atoms with Gasteiger partial charge in [0.25, 0.3) is 0 Å². The molecule has 128 valence electrons. The lowest BCUT2D eigenvalue weighted by Crippen LogP contribution is -2.34. The molecule has 2 aromatic rings. The average molecular weight is 359 g/mol. The van der Waals surface area contributed by atoms with Crippen LogP contribution in [0, 0.1) is 5.92 Å². The fraction of sp³-hybridized carbons (Fsp3) is 0.375. The molecule has 0 aliphatic rings. The Morgan fingerprint density at radius 3 is 2.52 bits per heavy atom. The highest BCUT2D eigenvalue weighted by Crippen LogP contribution is 2.10. The van der Waals surface area contributed by atoms with E-state index in [9.17, 15) is 4.79 Å². The number of hydrogen-bond acceptors (Lipinski definition) is 3. The number of aromatic nitrogens is 2. The van der Waals surface area contributed by atoms with Crippen LogP contribution in [0.2, 0.25) is 0 Å². The van der Waals surface area contributed by atoms with Crippen LogP contribution < -0.4 is 11.1 Å². The topological polar surface area (TPSA) is 72.9 Å². The summed E-state index contributed by atoms with van der Waals surface area (Å²) in [6.45, 7) is 5.57. The molecule has 0 bridgehead atoms. The molecule has 1 aromatic heterocycles. The summed E-state index contributed by atoms with van der Waals surface area (Å²) in [5, 5.41) is 2.85. The van der Waals surface area contributed by atoms with Gasteiger partial charge in [0.1, 0.15) is 11.9 Å². The molecule has 1 unspecified atom stereocenters. The second-order valence-electron chi connectivity index (χ2n) is 5.50. The summed E-state index contributed by atoms with van der Waals surface area (Å²) in [6.07, 6.45) is 3.68. The number of nitrogens with zero attached hydrogens (tertiary/aromatic N) is 2. The van der Waals surface area contributed by atoms with Gasteiger partial charge in [-0.3, -0.25) is 4.79 Å². The van der Waals surface area contributed by atoms with Gasteiger partial charge >= 0.3 is 0 Å². The van der Waals surface area contributed by atoms with Crippen LogP contribution in [0.25, 0.3) is 0 Å². The molecule has 2 rings (SSSR count). The molecule has 0 saturated carbocycles. The summed E-state index contributed by atoms with van der Waals surface area (Å²) in [7, 11) is 0. The summed E-state index contributed by atoms with van der Waals surface area (Å²) in [6, 6.07) is 8.69. The molecule has 0 fully saturated rings. The van der Waals surface area contributed by atoms with Crippen LogP contribution in [0.1, 0.15) is 31.3 Å². The number of benzene rings is 1. The highest BCUT2D eigenvalue weighted by atomic mass is 35.5. The van der Waals surface area contributed by atoms with Crippen molar-refractivity contribution in [3.63, 3.8) is 0 Å². The summed E-state index contributed by atoms with van der Waals surface area (Å²) < 4.78 is 2.05. The molecule has 1 atom stereocenters. The molecule has 1 heterocycles. The number of imidazole rings is 1. The maximum atomic E-state index is 12.1. The largest absolute Gasteiger partial charge is 0.347 e. The van der Waals surface area contributed by atoms with E-state index in [-0.39, 0.29) is 30.7 Å². The Morgan fingerprint density at radius 2 is 1.91 bits per heavy atom. The molecular formula is C16H24Cl2N4O. The van der Waals surface area contributed by atoms with Gasteiger partial charge in [0, 0.05) is 18.9 Å². The van der Waals surface area contributed by atoms with Crippen molar-refractivity contribution in [3.05, 3.63) is 54.1 Å². The van der Waals surface area contributed by atoms with Gasteiger partial charge in [0.05, 0.1) is 6.54 Å². The van der Waals surface area contributed by atoms with Crippen LogP contribution in [-0.2, 0) is 17.9 Å². The molecule has 1 amide bonds. The average Bonchev–Trinajstić information content (AvgIpc) is 2.91. The quantitative estimate of drug-likeness (QED) is 0.833. The van der Waals surface area contributed by atoms with Crippen LogP contribution in [0.4, 0.5) is 0 Å². The zero-order valence-corrected chi connectivity index (χ0v) is 14.9. The van der Waals surface area contributed by atoms with E-state index in [0.717, 1.165) is 17.9 Å². The van der Waals surface area contributed by atoms with Crippen LogP contribution in [-0.4, -0.2) is 15.5 Å². The number of rotatable bonds is 6. The maximum absolute atomic E-state index is 12.1. The summed E-state index contributed by atoms with van der Waals surface area (Å²) in [5.74, 6) is 1.18. The maximum Gasteiger partial charge on any atom is 0.241 e. The van der Waals surface area contributed by atoms with E-state index in [1.54, 1.807) is 6.20 Å². The van der Waals surface area contributed by atoms with Gasteiger partial charge in [-0.1, -0.05) is 44.2 Å². The molecule has 0 saturated heterocycles. The number of hydrogen-bond donors (Lipinski definition) is 2. The molecule has 0 aliphatic heterocycles. The molecule has 23 heavy (non-hydrogen) atoms. The number of carbonyl (C=O) groups excluding carboxylic acids is 1. The van der Waals surface area contributed by atoms with E-state index in [1.165, 1.54) is 0 Å². The highest BCUT2D eigenvalue weighted by Gasteiger charge is 2.15. The molecule has 3 N–H and O–H groups in total. The third-order valence-corrected chi connectivity index (χ3v) is 3.23. The molecular weight excluding hydrogens is 335 g/mol.